The predicted octanol–water partition coefficient (Wildman–Crippen LogP) is 2.64. The molecule has 0 atom stereocenters. The summed E-state index contributed by atoms with van der Waals surface area (Å²) in [6, 6.07) is 10.7. The summed E-state index contributed by atoms with van der Waals surface area (Å²) in [5.74, 6) is 1.89. The molecule has 0 amide bonds. The fourth-order valence-corrected chi connectivity index (χ4v) is 3.47. The summed E-state index contributed by atoms with van der Waals surface area (Å²) in [5, 5.41) is 3.38. The normalized spacial score (nSPS) is 15.3. The average Bonchev–Trinajstić information content (AvgIpc) is 2.76. The molecule has 1 aliphatic rings. The lowest BCUT2D eigenvalue weighted by Gasteiger charge is -2.33. The van der Waals surface area contributed by atoms with Gasteiger partial charge in [0.25, 0.3) is 0 Å². The minimum atomic E-state index is -2.82. The molecule has 9 heteroatoms. The number of aromatic nitrogens is 1. The highest BCUT2D eigenvalue weighted by Crippen LogP contribution is 2.17. The number of aliphatic imine (C=N–C) groups is 1. The van der Waals surface area contributed by atoms with E-state index >= 15 is 0 Å². The molecule has 0 radical (unpaired) electrons. The molecule has 31 heavy (non-hydrogen) atoms. The third-order valence-electron chi connectivity index (χ3n) is 5.23. The number of rotatable bonds is 7. The summed E-state index contributed by atoms with van der Waals surface area (Å²) in [4.78, 5) is 15.5. The molecule has 1 saturated heterocycles. The Morgan fingerprint density at radius 1 is 1.16 bits per heavy atom. The first-order chi connectivity index (χ1) is 14.9. The molecule has 1 fully saturated rings. The molecular formula is C22H30F2N6O. The van der Waals surface area contributed by atoms with Crippen molar-refractivity contribution in [2.75, 3.05) is 52.2 Å². The summed E-state index contributed by atoms with van der Waals surface area (Å²) < 4.78 is 29.0. The van der Waals surface area contributed by atoms with Crippen LogP contribution in [0.1, 0.15) is 11.1 Å². The van der Waals surface area contributed by atoms with E-state index in [0.29, 0.717) is 13.1 Å². The first kappa shape index (κ1) is 22.7. The third-order valence-corrected chi connectivity index (χ3v) is 5.23. The molecule has 168 valence electrons. The van der Waals surface area contributed by atoms with Crippen LogP contribution in [0, 0.1) is 0 Å². The van der Waals surface area contributed by atoms with Crippen LogP contribution in [-0.4, -0.2) is 74.7 Å². The molecule has 3 rings (SSSR count). The van der Waals surface area contributed by atoms with Gasteiger partial charge >= 0.3 is 6.61 Å². The van der Waals surface area contributed by atoms with Crippen molar-refractivity contribution in [3.8, 4) is 5.75 Å². The summed E-state index contributed by atoms with van der Waals surface area (Å²) in [5.41, 5.74) is 2.10. The molecule has 1 aromatic carbocycles. The second-order valence-electron chi connectivity index (χ2n) is 7.59. The molecule has 0 saturated carbocycles. The number of nitrogens with one attached hydrogen (secondary N) is 1. The maximum atomic E-state index is 12.3. The smallest absolute Gasteiger partial charge is 0.387 e. The molecule has 1 N–H and O–H groups in total. The minimum absolute atomic E-state index is 0.151. The summed E-state index contributed by atoms with van der Waals surface area (Å²) in [7, 11) is 5.81. The topological polar surface area (TPSA) is 56.2 Å². The fourth-order valence-electron chi connectivity index (χ4n) is 3.47. The number of pyridine rings is 1. The van der Waals surface area contributed by atoms with Crippen LogP contribution in [0.4, 0.5) is 14.6 Å². The molecule has 0 unspecified atom stereocenters. The lowest BCUT2D eigenvalue weighted by atomic mass is 10.2. The van der Waals surface area contributed by atoms with Crippen molar-refractivity contribution in [3.05, 3.63) is 53.7 Å². The number of halogens is 2. The summed E-state index contributed by atoms with van der Waals surface area (Å²) in [6.07, 6.45) is 1.85. The molecular weight excluding hydrogens is 402 g/mol. The first-order valence-corrected chi connectivity index (χ1v) is 10.3. The van der Waals surface area contributed by atoms with E-state index in [9.17, 15) is 8.78 Å². The van der Waals surface area contributed by atoms with E-state index in [1.807, 2.05) is 24.2 Å². The fraction of sp³-hybridized carbons (Fsp3) is 0.455. The Labute approximate surface area is 182 Å². The lowest BCUT2D eigenvalue weighted by Crippen LogP contribution is -2.44. The Morgan fingerprint density at radius 2 is 1.87 bits per heavy atom. The van der Waals surface area contributed by atoms with Crippen LogP contribution in [0.3, 0.4) is 0 Å². The zero-order chi connectivity index (χ0) is 22.2. The highest BCUT2D eigenvalue weighted by Gasteiger charge is 2.15. The Balaban J connectivity index is 1.54. The average molecular weight is 433 g/mol. The second kappa shape index (κ2) is 10.9. The maximum absolute atomic E-state index is 12.3. The van der Waals surface area contributed by atoms with E-state index in [4.69, 9.17) is 0 Å². The van der Waals surface area contributed by atoms with Gasteiger partial charge in [0.05, 0.1) is 0 Å². The molecule has 2 heterocycles. The van der Waals surface area contributed by atoms with Crippen LogP contribution in [0.2, 0.25) is 0 Å². The van der Waals surface area contributed by atoms with Crippen LogP contribution < -0.4 is 15.0 Å². The highest BCUT2D eigenvalue weighted by molar-refractivity contribution is 5.79. The van der Waals surface area contributed by atoms with Crippen molar-refractivity contribution in [2.45, 2.75) is 19.7 Å². The van der Waals surface area contributed by atoms with E-state index in [-0.39, 0.29) is 5.75 Å². The number of piperazine rings is 1. The number of benzene rings is 1. The predicted molar refractivity (Wildman–Crippen MR) is 119 cm³/mol. The molecule has 0 bridgehead atoms. The number of anilines is 1. The summed E-state index contributed by atoms with van der Waals surface area (Å²) in [6.45, 7) is 2.42. The maximum Gasteiger partial charge on any atom is 0.387 e. The number of alkyl halides is 2. The van der Waals surface area contributed by atoms with Gasteiger partial charge < -0.3 is 24.8 Å². The van der Waals surface area contributed by atoms with Gasteiger partial charge in [0.1, 0.15) is 11.6 Å². The largest absolute Gasteiger partial charge is 0.435 e. The van der Waals surface area contributed by atoms with E-state index in [1.165, 1.54) is 0 Å². The SMILES string of the molecule is CN=C(NCc1ccnc(N2CCN(C)CC2)c1)N(C)Cc1ccc(OC(F)F)cc1. The Kier molecular flexibility index (Phi) is 8.00. The molecule has 1 aliphatic heterocycles. The van der Waals surface area contributed by atoms with Gasteiger partial charge in [-0.3, -0.25) is 4.99 Å². The number of likely N-dealkylation sites (N-methyl/N-ethyl adjacent to an activating group) is 1. The van der Waals surface area contributed by atoms with Gasteiger partial charge in [0, 0.05) is 59.6 Å². The zero-order valence-electron chi connectivity index (χ0n) is 18.3. The number of nitrogens with zero attached hydrogens (tertiary/aromatic N) is 5. The van der Waals surface area contributed by atoms with Crippen molar-refractivity contribution in [2.24, 2.45) is 4.99 Å². The van der Waals surface area contributed by atoms with Crippen LogP contribution in [0.5, 0.6) is 5.75 Å². The van der Waals surface area contributed by atoms with E-state index < -0.39 is 6.61 Å². The van der Waals surface area contributed by atoms with Crippen molar-refractivity contribution < 1.29 is 13.5 Å². The standard InChI is InChI=1S/C22H30F2N6O/c1-25-22(29(3)16-17-4-6-19(7-5-17)31-21(23)24)27-15-18-8-9-26-20(14-18)30-12-10-28(2)11-13-30/h4-9,14,21H,10-13,15-16H2,1-3H3,(H,25,27). The molecule has 2 aromatic rings. The van der Waals surface area contributed by atoms with Crippen LogP contribution in [-0.2, 0) is 13.1 Å². The van der Waals surface area contributed by atoms with Crippen LogP contribution in [0.15, 0.2) is 47.6 Å². The minimum Gasteiger partial charge on any atom is -0.435 e. The van der Waals surface area contributed by atoms with Gasteiger partial charge in [0.2, 0.25) is 0 Å². The van der Waals surface area contributed by atoms with Crippen LogP contribution >= 0.6 is 0 Å². The van der Waals surface area contributed by atoms with Crippen molar-refractivity contribution in [3.63, 3.8) is 0 Å². The van der Waals surface area contributed by atoms with E-state index in [1.54, 1.807) is 31.3 Å². The van der Waals surface area contributed by atoms with Gasteiger partial charge in [-0.2, -0.15) is 8.78 Å². The lowest BCUT2D eigenvalue weighted by molar-refractivity contribution is -0.0498. The number of hydrogen-bond acceptors (Lipinski definition) is 5. The van der Waals surface area contributed by atoms with E-state index in [0.717, 1.165) is 49.1 Å². The number of ether oxygens (including phenoxy) is 1. The van der Waals surface area contributed by atoms with Gasteiger partial charge in [0.15, 0.2) is 5.96 Å². The second-order valence-corrected chi connectivity index (χ2v) is 7.59. The molecule has 0 spiro atoms. The van der Waals surface area contributed by atoms with Crippen LogP contribution in [0.25, 0.3) is 0 Å². The highest BCUT2D eigenvalue weighted by atomic mass is 19.3. The number of guanidine groups is 1. The Morgan fingerprint density at radius 3 is 2.52 bits per heavy atom. The van der Waals surface area contributed by atoms with Crippen molar-refractivity contribution >= 4 is 11.8 Å². The van der Waals surface area contributed by atoms with Crippen molar-refractivity contribution in [1.82, 2.24) is 20.1 Å². The summed E-state index contributed by atoms with van der Waals surface area (Å²) >= 11 is 0. The quantitative estimate of drug-likeness (QED) is 0.536. The molecule has 7 nitrogen and oxygen atoms in total. The van der Waals surface area contributed by atoms with E-state index in [2.05, 4.69) is 42.9 Å². The monoisotopic (exact) mass is 432 g/mol. The third kappa shape index (κ3) is 6.78. The zero-order valence-corrected chi connectivity index (χ0v) is 18.3. The van der Waals surface area contributed by atoms with Gasteiger partial charge in [-0.05, 0) is 42.4 Å². The number of hydrogen-bond donors (Lipinski definition) is 1. The molecule has 0 aliphatic carbocycles. The van der Waals surface area contributed by atoms with Gasteiger partial charge in [-0.25, -0.2) is 4.98 Å². The van der Waals surface area contributed by atoms with Gasteiger partial charge in [-0.15, -0.1) is 0 Å². The Bertz CT molecular complexity index is 853. The first-order valence-electron chi connectivity index (χ1n) is 10.3. The molecule has 1 aromatic heterocycles. The van der Waals surface area contributed by atoms with Gasteiger partial charge in [-0.1, -0.05) is 12.1 Å². The van der Waals surface area contributed by atoms with Crippen molar-refractivity contribution in [1.29, 1.82) is 0 Å². The Hall–Kier alpha value is -2.94.